The van der Waals surface area contributed by atoms with E-state index in [0.29, 0.717) is 12.2 Å². The quantitative estimate of drug-likeness (QED) is 0.221. The molecule has 6 nitrogen and oxygen atoms in total. The summed E-state index contributed by atoms with van der Waals surface area (Å²) in [6, 6.07) is -0.306. The number of rotatable bonds is 7. The fourth-order valence-corrected chi connectivity index (χ4v) is 6.22. The molecule has 2 fully saturated rings. The molecule has 158 valence electrons. The molecule has 28 heavy (non-hydrogen) atoms. The first-order valence-electron chi connectivity index (χ1n) is 9.81. The molecule has 0 aliphatic carbocycles. The standard InChI is InChI=1S/C20H33NO5SSi/c1-8-10-25-19(24)13-9-11-27-17(16(13)22)15-14(18(23)21-15)12(2)26-28(6,7)20(3,4)5/h8,12-15,17H,1,9-11H2,2-7H3,(H,21,23)/t12-,13?,14-,15+,17?/m1/s1. The van der Waals surface area contributed by atoms with E-state index >= 15 is 0 Å². The second-order valence-corrected chi connectivity index (χ2v) is 15.1. The maximum Gasteiger partial charge on any atom is 0.316 e. The Morgan fingerprint density at radius 3 is 2.57 bits per heavy atom. The maximum atomic E-state index is 13.0. The van der Waals surface area contributed by atoms with Crippen LogP contribution in [0.2, 0.25) is 18.1 Å². The van der Waals surface area contributed by atoms with Gasteiger partial charge in [-0.2, -0.15) is 0 Å². The van der Waals surface area contributed by atoms with Crippen molar-refractivity contribution in [1.29, 1.82) is 0 Å². The number of carbonyl (C=O) groups is 3. The topological polar surface area (TPSA) is 81.7 Å². The fourth-order valence-electron chi connectivity index (χ4n) is 3.39. The Balaban J connectivity index is 2.09. The third-order valence-electron chi connectivity index (χ3n) is 6.07. The number of β-lactam (4-membered cyclic amide) rings is 1. The molecule has 0 aromatic rings. The molecule has 0 radical (unpaired) electrons. The van der Waals surface area contributed by atoms with Crippen molar-refractivity contribution in [3.05, 3.63) is 12.7 Å². The normalized spacial score (nSPS) is 29.5. The van der Waals surface area contributed by atoms with Gasteiger partial charge in [-0.15, -0.1) is 11.8 Å². The van der Waals surface area contributed by atoms with E-state index in [1.807, 2.05) is 6.92 Å². The van der Waals surface area contributed by atoms with E-state index in [0.717, 1.165) is 0 Å². The zero-order valence-electron chi connectivity index (χ0n) is 17.7. The van der Waals surface area contributed by atoms with Crippen LogP contribution < -0.4 is 5.32 Å². The Bertz CT molecular complexity index is 645. The van der Waals surface area contributed by atoms with E-state index in [1.54, 1.807) is 0 Å². The highest BCUT2D eigenvalue weighted by Gasteiger charge is 2.54. The zero-order chi connectivity index (χ0) is 21.3. The number of ketones is 1. The number of nitrogens with one attached hydrogen (secondary N) is 1. The molecule has 0 spiro atoms. The molecule has 0 aromatic carbocycles. The van der Waals surface area contributed by atoms with Gasteiger partial charge in [0.25, 0.3) is 0 Å². The first kappa shape index (κ1) is 23.2. The van der Waals surface area contributed by atoms with Crippen LogP contribution in [-0.4, -0.2) is 55.7 Å². The lowest BCUT2D eigenvalue weighted by Crippen LogP contribution is -2.69. The minimum absolute atomic E-state index is 0.0341. The van der Waals surface area contributed by atoms with E-state index in [1.165, 1.54) is 17.8 Å². The lowest BCUT2D eigenvalue weighted by atomic mass is 9.80. The van der Waals surface area contributed by atoms with Gasteiger partial charge in [0.1, 0.15) is 12.5 Å². The van der Waals surface area contributed by atoms with Crippen molar-refractivity contribution in [3.63, 3.8) is 0 Å². The predicted molar refractivity (Wildman–Crippen MR) is 114 cm³/mol. The van der Waals surface area contributed by atoms with Crippen LogP contribution >= 0.6 is 11.8 Å². The summed E-state index contributed by atoms with van der Waals surface area (Å²) in [4.78, 5) is 37.5. The highest BCUT2D eigenvalue weighted by molar-refractivity contribution is 8.00. The second kappa shape index (κ2) is 8.71. The molecule has 1 N–H and O–H groups in total. The van der Waals surface area contributed by atoms with Gasteiger partial charge in [-0.1, -0.05) is 33.4 Å². The number of esters is 1. The summed E-state index contributed by atoms with van der Waals surface area (Å²) in [7, 11) is -2.04. The number of hydrogen-bond acceptors (Lipinski definition) is 6. The molecule has 0 saturated carbocycles. The lowest BCUT2D eigenvalue weighted by Gasteiger charge is -2.48. The number of hydrogen-bond donors (Lipinski definition) is 1. The van der Waals surface area contributed by atoms with Crippen molar-refractivity contribution >= 4 is 37.7 Å². The first-order chi connectivity index (χ1) is 12.9. The monoisotopic (exact) mass is 427 g/mol. The highest BCUT2D eigenvalue weighted by Crippen LogP contribution is 2.41. The van der Waals surface area contributed by atoms with Crippen LogP contribution in [0.25, 0.3) is 0 Å². The Labute approximate surface area is 173 Å². The van der Waals surface area contributed by atoms with Gasteiger partial charge in [0.15, 0.2) is 14.1 Å². The molecule has 0 aromatic heterocycles. The van der Waals surface area contributed by atoms with E-state index in [-0.39, 0.29) is 41.4 Å². The largest absolute Gasteiger partial charge is 0.461 e. The smallest absolute Gasteiger partial charge is 0.316 e. The summed E-state index contributed by atoms with van der Waals surface area (Å²) < 4.78 is 11.5. The number of ether oxygens (including phenoxy) is 1. The van der Waals surface area contributed by atoms with Crippen molar-refractivity contribution < 1.29 is 23.5 Å². The zero-order valence-corrected chi connectivity index (χ0v) is 19.6. The molecule has 1 amide bonds. The van der Waals surface area contributed by atoms with E-state index in [2.05, 4.69) is 45.8 Å². The molecular weight excluding hydrogens is 394 g/mol. The van der Waals surface area contributed by atoms with Crippen molar-refractivity contribution in [2.24, 2.45) is 11.8 Å². The van der Waals surface area contributed by atoms with Crippen LogP contribution in [0.5, 0.6) is 0 Å². The van der Waals surface area contributed by atoms with Crippen LogP contribution in [0.1, 0.15) is 34.1 Å². The molecular formula is C20H33NO5SSi. The van der Waals surface area contributed by atoms with Crippen LogP contribution in [0.3, 0.4) is 0 Å². The Hall–Kier alpha value is -1.12. The first-order valence-corrected chi connectivity index (χ1v) is 13.8. The number of Topliss-reactive ketones (excluding diaryl/α,β-unsaturated/α-hetero) is 1. The third kappa shape index (κ3) is 4.71. The number of amides is 1. The number of thioether (sulfide) groups is 1. The lowest BCUT2D eigenvalue weighted by molar-refractivity contribution is -0.151. The van der Waals surface area contributed by atoms with Crippen molar-refractivity contribution in [3.8, 4) is 0 Å². The molecule has 2 aliphatic heterocycles. The molecule has 8 heteroatoms. The summed E-state index contributed by atoms with van der Waals surface area (Å²) in [5.41, 5.74) is 0. The van der Waals surface area contributed by atoms with Gasteiger partial charge in [-0.05, 0) is 37.2 Å². The maximum absolute atomic E-state index is 13.0. The van der Waals surface area contributed by atoms with Crippen LogP contribution in [0.15, 0.2) is 12.7 Å². The molecule has 2 aliphatic rings. The van der Waals surface area contributed by atoms with Gasteiger partial charge in [0.2, 0.25) is 5.91 Å². The van der Waals surface area contributed by atoms with Crippen molar-refractivity contribution in [2.75, 3.05) is 12.4 Å². The van der Waals surface area contributed by atoms with Crippen LogP contribution in [-0.2, 0) is 23.5 Å². The van der Waals surface area contributed by atoms with Crippen LogP contribution in [0, 0.1) is 11.8 Å². The summed E-state index contributed by atoms with van der Waals surface area (Å²) in [6.07, 6.45) is 1.68. The SMILES string of the molecule is C=CCOC(=O)C1CCSC([C@H]2NC(=O)[C@@H]2[C@@H](C)O[Si](C)(C)C(C)(C)C)C1=O. The van der Waals surface area contributed by atoms with Gasteiger partial charge in [0.05, 0.1) is 23.3 Å². The van der Waals surface area contributed by atoms with Crippen molar-refractivity contribution in [2.45, 2.75) is 69.6 Å². The third-order valence-corrected chi connectivity index (χ3v) is 12.0. The minimum Gasteiger partial charge on any atom is -0.461 e. The van der Waals surface area contributed by atoms with Gasteiger partial charge < -0.3 is 14.5 Å². The fraction of sp³-hybridized carbons (Fsp3) is 0.750. The Morgan fingerprint density at radius 2 is 2.04 bits per heavy atom. The number of carbonyl (C=O) groups excluding carboxylic acids is 3. The van der Waals surface area contributed by atoms with E-state index < -0.39 is 25.5 Å². The van der Waals surface area contributed by atoms with Gasteiger partial charge in [-0.25, -0.2) is 0 Å². The van der Waals surface area contributed by atoms with E-state index in [4.69, 9.17) is 9.16 Å². The minimum atomic E-state index is -2.04. The molecule has 2 rings (SSSR count). The Morgan fingerprint density at radius 1 is 1.39 bits per heavy atom. The average molecular weight is 428 g/mol. The average Bonchev–Trinajstić information content (AvgIpc) is 2.56. The van der Waals surface area contributed by atoms with Gasteiger partial charge in [-0.3, -0.25) is 14.4 Å². The summed E-state index contributed by atoms with van der Waals surface area (Å²) in [5, 5.41) is 2.48. The Kier molecular flexibility index (Phi) is 7.20. The highest BCUT2D eigenvalue weighted by atomic mass is 32.2. The molecule has 5 atom stereocenters. The predicted octanol–water partition coefficient (Wildman–Crippen LogP) is 2.93. The molecule has 2 unspecified atom stereocenters. The summed E-state index contributed by atoms with van der Waals surface area (Å²) in [5.74, 6) is -1.19. The molecule has 2 heterocycles. The van der Waals surface area contributed by atoms with Crippen LogP contribution in [0.4, 0.5) is 0 Å². The molecule has 0 bridgehead atoms. The summed E-state index contributed by atoms with van der Waals surface area (Å²) >= 11 is 1.51. The summed E-state index contributed by atoms with van der Waals surface area (Å²) in [6.45, 7) is 16.3. The molecule has 2 saturated heterocycles. The van der Waals surface area contributed by atoms with Crippen molar-refractivity contribution in [1.82, 2.24) is 5.32 Å². The van der Waals surface area contributed by atoms with E-state index in [9.17, 15) is 14.4 Å². The van der Waals surface area contributed by atoms with Gasteiger partial charge in [0, 0.05) is 0 Å². The second-order valence-electron chi connectivity index (χ2n) is 9.10. The van der Waals surface area contributed by atoms with Gasteiger partial charge >= 0.3 is 5.97 Å².